The SMILES string of the molecule is N=C1C=C(n2ccc3ccccc32)c2ccccc2C1=N.Nc1ccccc1. The van der Waals surface area contributed by atoms with E-state index in [1.807, 2.05) is 72.9 Å². The minimum absolute atomic E-state index is 0.251. The molecule has 1 aliphatic rings. The van der Waals surface area contributed by atoms with E-state index in [2.05, 4.69) is 22.8 Å². The van der Waals surface area contributed by atoms with Crippen LogP contribution in [-0.4, -0.2) is 16.0 Å². The second-order valence-electron chi connectivity index (χ2n) is 6.52. The minimum atomic E-state index is 0.251. The van der Waals surface area contributed by atoms with E-state index < -0.39 is 0 Å². The maximum absolute atomic E-state index is 8.08. The van der Waals surface area contributed by atoms with Crippen LogP contribution in [0.2, 0.25) is 0 Å². The first-order chi connectivity index (χ1) is 13.6. The van der Waals surface area contributed by atoms with Crippen molar-refractivity contribution in [3.63, 3.8) is 0 Å². The van der Waals surface area contributed by atoms with Crippen LogP contribution in [0.15, 0.2) is 97.2 Å². The van der Waals surface area contributed by atoms with Crippen molar-refractivity contribution in [1.29, 1.82) is 10.8 Å². The fourth-order valence-corrected chi connectivity index (χ4v) is 3.30. The van der Waals surface area contributed by atoms with Crippen LogP contribution in [0.5, 0.6) is 0 Å². The number of rotatable bonds is 1. The molecule has 28 heavy (non-hydrogen) atoms. The fourth-order valence-electron chi connectivity index (χ4n) is 3.30. The summed E-state index contributed by atoms with van der Waals surface area (Å²) in [6.45, 7) is 0. The van der Waals surface area contributed by atoms with Crippen LogP contribution in [0, 0.1) is 10.8 Å². The maximum Gasteiger partial charge on any atom is 0.0869 e. The molecule has 0 spiro atoms. The van der Waals surface area contributed by atoms with Gasteiger partial charge in [0, 0.05) is 23.0 Å². The predicted molar refractivity (Wildman–Crippen MR) is 117 cm³/mol. The Bertz CT molecular complexity index is 1200. The summed E-state index contributed by atoms with van der Waals surface area (Å²) >= 11 is 0. The number of fused-ring (bicyclic) bond motifs is 2. The normalized spacial score (nSPS) is 12.8. The zero-order valence-electron chi connectivity index (χ0n) is 15.3. The van der Waals surface area contributed by atoms with Crippen molar-refractivity contribution in [2.45, 2.75) is 0 Å². The van der Waals surface area contributed by atoms with Gasteiger partial charge in [0.15, 0.2) is 0 Å². The van der Waals surface area contributed by atoms with E-state index in [1.54, 1.807) is 6.08 Å². The van der Waals surface area contributed by atoms with Gasteiger partial charge in [0.1, 0.15) is 0 Å². The second kappa shape index (κ2) is 7.37. The van der Waals surface area contributed by atoms with Gasteiger partial charge in [0.2, 0.25) is 0 Å². The van der Waals surface area contributed by atoms with Gasteiger partial charge in [-0.1, -0.05) is 60.7 Å². The van der Waals surface area contributed by atoms with Crippen molar-refractivity contribution >= 4 is 33.7 Å². The first-order valence-corrected chi connectivity index (χ1v) is 9.01. The molecule has 5 rings (SSSR count). The van der Waals surface area contributed by atoms with Crippen LogP contribution in [0.3, 0.4) is 0 Å². The van der Waals surface area contributed by atoms with Gasteiger partial charge in [0.25, 0.3) is 0 Å². The van der Waals surface area contributed by atoms with Gasteiger partial charge in [-0.3, -0.25) is 10.8 Å². The molecule has 4 N–H and O–H groups in total. The largest absolute Gasteiger partial charge is 0.399 e. The highest BCUT2D eigenvalue weighted by Crippen LogP contribution is 2.29. The number of hydrogen-bond acceptors (Lipinski definition) is 3. The molecule has 1 aromatic heterocycles. The Hall–Kier alpha value is -3.92. The highest BCUT2D eigenvalue weighted by Gasteiger charge is 2.21. The third kappa shape index (κ3) is 3.23. The Morgan fingerprint density at radius 3 is 2.04 bits per heavy atom. The Labute approximate surface area is 163 Å². The number of allylic oxidation sites excluding steroid dienone is 1. The lowest BCUT2D eigenvalue weighted by Gasteiger charge is -2.20. The standard InChI is InChI=1S/C18H13N3.C6H7N/c19-15-11-17(13-6-2-3-7-14(13)18(15)20)21-10-9-12-5-1-4-8-16(12)21;7-6-4-2-1-3-5-6/h1-11,19-20H;1-5H,7H2. The van der Waals surface area contributed by atoms with E-state index >= 15 is 0 Å². The molecule has 0 aliphatic heterocycles. The molecule has 0 unspecified atom stereocenters. The molecule has 1 aliphatic carbocycles. The Morgan fingerprint density at radius 2 is 1.32 bits per heavy atom. The summed E-state index contributed by atoms with van der Waals surface area (Å²) in [5, 5.41) is 17.3. The van der Waals surface area contributed by atoms with Crippen LogP contribution in [0.4, 0.5) is 5.69 Å². The molecule has 4 nitrogen and oxygen atoms in total. The molecular formula is C24H20N4. The molecule has 0 atom stereocenters. The Morgan fingerprint density at radius 1 is 0.679 bits per heavy atom. The summed E-state index contributed by atoms with van der Waals surface area (Å²) in [5.41, 5.74) is 10.6. The molecule has 3 aromatic carbocycles. The van der Waals surface area contributed by atoms with E-state index in [4.69, 9.17) is 16.6 Å². The Kier molecular flexibility index (Phi) is 4.60. The van der Waals surface area contributed by atoms with Gasteiger partial charge < -0.3 is 10.3 Å². The molecule has 0 amide bonds. The molecule has 0 bridgehead atoms. The first kappa shape index (κ1) is 17.5. The summed E-state index contributed by atoms with van der Waals surface area (Å²) < 4.78 is 2.09. The molecule has 1 heterocycles. The van der Waals surface area contributed by atoms with E-state index in [9.17, 15) is 0 Å². The monoisotopic (exact) mass is 364 g/mol. The lowest BCUT2D eigenvalue weighted by atomic mass is 9.91. The van der Waals surface area contributed by atoms with Crippen molar-refractivity contribution < 1.29 is 0 Å². The van der Waals surface area contributed by atoms with Crippen molar-refractivity contribution in [3.05, 3.63) is 108 Å². The number of nitrogens with two attached hydrogens (primary N) is 1. The van der Waals surface area contributed by atoms with Crippen molar-refractivity contribution in [1.82, 2.24) is 4.57 Å². The smallest absolute Gasteiger partial charge is 0.0869 e. The van der Waals surface area contributed by atoms with Crippen molar-refractivity contribution in [2.75, 3.05) is 5.73 Å². The van der Waals surface area contributed by atoms with Crippen LogP contribution >= 0.6 is 0 Å². The molecule has 0 saturated heterocycles. The highest BCUT2D eigenvalue weighted by atomic mass is 15.0. The van der Waals surface area contributed by atoms with Crippen molar-refractivity contribution in [3.8, 4) is 0 Å². The molecule has 0 saturated carbocycles. The molecule has 4 heteroatoms. The highest BCUT2D eigenvalue weighted by molar-refractivity contribution is 6.52. The first-order valence-electron chi connectivity index (χ1n) is 9.01. The molecule has 0 fully saturated rings. The van der Waals surface area contributed by atoms with Gasteiger partial charge in [-0.05, 0) is 35.7 Å². The van der Waals surface area contributed by atoms with Crippen molar-refractivity contribution in [2.24, 2.45) is 0 Å². The van der Waals surface area contributed by atoms with Crippen LogP contribution in [0.1, 0.15) is 11.1 Å². The molecule has 4 aromatic rings. The molecular weight excluding hydrogens is 344 g/mol. The van der Waals surface area contributed by atoms with E-state index in [0.29, 0.717) is 0 Å². The van der Waals surface area contributed by atoms with Gasteiger partial charge in [0.05, 0.1) is 22.6 Å². The van der Waals surface area contributed by atoms with Gasteiger partial charge >= 0.3 is 0 Å². The number of nitrogens with zero attached hydrogens (tertiary/aromatic N) is 1. The number of para-hydroxylation sites is 2. The third-order valence-electron chi connectivity index (χ3n) is 4.68. The average Bonchev–Trinajstić information content (AvgIpc) is 3.16. The number of hydrogen-bond donors (Lipinski definition) is 3. The fraction of sp³-hybridized carbons (Fsp3) is 0. The quantitative estimate of drug-likeness (QED) is 0.399. The second-order valence-corrected chi connectivity index (χ2v) is 6.52. The van der Waals surface area contributed by atoms with E-state index in [-0.39, 0.29) is 11.4 Å². The number of nitrogen functional groups attached to an aromatic ring is 1. The molecule has 0 radical (unpaired) electrons. The lowest BCUT2D eigenvalue weighted by Crippen LogP contribution is -2.20. The van der Waals surface area contributed by atoms with E-state index in [1.165, 1.54) is 5.39 Å². The summed E-state index contributed by atoms with van der Waals surface area (Å²) in [4.78, 5) is 0. The summed E-state index contributed by atoms with van der Waals surface area (Å²) in [6, 6.07) is 27.6. The third-order valence-corrected chi connectivity index (χ3v) is 4.68. The zero-order valence-corrected chi connectivity index (χ0v) is 15.3. The number of benzene rings is 3. The number of aromatic nitrogens is 1. The van der Waals surface area contributed by atoms with Crippen LogP contribution in [-0.2, 0) is 0 Å². The summed E-state index contributed by atoms with van der Waals surface area (Å²) in [6.07, 6.45) is 3.80. The number of nitrogens with one attached hydrogen (secondary N) is 2. The average molecular weight is 364 g/mol. The summed E-state index contributed by atoms with van der Waals surface area (Å²) in [5.74, 6) is 0. The number of anilines is 1. The Balaban J connectivity index is 0.000000233. The van der Waals surface area contributed by atoms with Gasteiger partial charge in [-0.25, -0.2) is 0 Å². The van der Waals surface area contributed by atoms with Crippen LogP contribution in [0.25, 0.3) is 16.6 Å². The minimum Gasteiger partial charge on any atom is -0.399 e. The van der Waals surface area contributed by atoms with E-state index in [0.717, 1.165) is 28.0 Å². The van der Waals surface area contributed by atoms with Crippen LogP contribution < -0.4 is 5.73 Å². The lowest BCUT2D eigenvalue weighted by molar-refractivity contribution is 1.16. The van der Waals surface area contributed by atoms with Gasteiger partial charge in [-0.15, -0.1) is 0 Å². The van der Waals surface area contributed by atoms with Gasteiger partial charge in [-0.2, -0.15) is 0 Å². The topological polar surface area (TPSA) is 78.7 Å². The molecule has 136 valence electrons. The zero-order chi connectivity index (χ0) is 19.5. The maximum atomic E-state index is 8.08. The predicted octanol–water partition coefficient (Wildman–Crippen LogP) is 5.20. The summed E-state index contributed by atoms with van der Waals surface area (Å²) in [7, 11) is 0.